The summed E-state index contributed by atoms with van der Waals surface area (Å²) >= 11 is 0. The molecule has 1 aromatic rings. The van der Waals surface area contributed by atoms with Crippen molar-refractivity contribution in [1.82, 2.24) is 10.2 Å². The van der Waals surface area contributed by atoms with Crippen molar-refractivity contribution in [2.45, 2.75) is 89.0 Å². The summed E-state index contributed by atoms with van der Waals surface area (Å²) in [6, 6.07) is 7.11. The van der Waals surface area contributed by atoms with Crippen LogP contribution in [0.25, 0.3) is 0 Å². The summed E-state index contributed by atoms with van der Waals surface area (Å²) in [5.41, 5.74) is 0.745. The number of nitrogens with one attached hydrogen (secondary N) is 2. The van der Waals surface area contributed by atoms with Crippen LogP contribution in [-0.4, -0.2) is 66.2 Å². The van der Waals surface area contributed by atoms with Crippen LogP contribution in [0.3, 0.4) is 0 Å². The van der Waals surface area contributed by atoms with Crippen LogP contribution >= 0.6 is 0 Å². The lowest BCUT2D eigenvalue weighted by Gasteiger charge is -2.34. The van der Waals surface area contributed by atoms with Gasteiger partial charge in [0.1, 0.15) is 11.6 Å². The second-order valence-corrected chi connectivity index (χ2v) is 11.4. The fourth-order valence-corrected chi connectivity index (χ4v) is 6.69. The minimum Gasteiger partial charge on any atom is -0.382 e. The lowest BCUT2D eigenvalue weighted by atomic mass is 9.74. The lowest BCUT2D eigenvalue weighted by molar-refractivity contribution is -0.141. The Labute approximate surface area is 225 Å². The van der Waals surface area contributed by atoms with Crippen LogP contribution in [0.15, 0.2) is 36.4 Å². The van der Waals surface area contributed by atoms with Crippen LogP contribution in [0, 0.1) is 11.8 Å². The molecule has 5 rings (SSSR count). The molecule has 0 aromatic heterocycles. The molecular weight excluding hydrogens is 482 g/mol. The Hall–Kier alpha value is -2.71. The Morgan fingerprint density at radius 3 is 2.55 bits per heavy atom. The van der Waals surface area contributed by atoms with E-state index in [-0.39, 0.29) is 23.8 Å². The van der Waals surface area contributed by atoms with E-state index < -0.39 is 29.6 Å². The fourth-order valence-electron chi connectivity index (χ4n) is 6.69. The molecule has 1 aromatic carbocycles. The van der Waals surface area contributed by atoms with E-state index in [2.05, 4.69) is 24.5 Å². The van der Waals surface area contributed by atoms with E-state index in [4.69, 9.17) is 9.47 Å². The van der Waals surface area contributed by atoms with E-state index in [9.17, 15) is 14.4 Å². The van der Waals surface area contributed by atoms with Crippen molar-refractivity contribution in [3.63, 3.8) is 0 Å². The molecule has 1 aliphatic carbocycles. The van der Waals surface area contributed by atoms with Crippen molar-refractivity contribution in [2.24, 2.45) is 11.8 Å². The number of hydrogen-bond donors (Lipinski definition) is 2. The Balaban J connectivity index is 1.38. The zero-order valence-corrected chi connectivity index (χ0v) is 22.8. The molecule has 1 saturated carbocycles. The van der Waals surface area contributed by atoms with Gasteiger partial charge in [-0.3, -0.25) is 14.4 Å². The summed E-state index contributed by atoms with van der Waals surface area (Å²) in [7, 11) is 0. The first-order valence-electron chi connectivity index (χ1n) is 14.3. The molecule has 3 aliphatic heterocycles. The van der Waals surface area contributed by atoms with Gasteiger partial charge in [-0.25, -0.2) is 0 Å². The number of ether oxygens (including phenoxy) is 2. The highest BCUT2D eigenvalue weighted by Crippen LogP contribution is 2.55. The van der Waals surface area contributed by atoms with Crippen molar-refractivity contribution >= 4 is 23.4 Å². The van der Waals surface area contributed by atoms with Gasteiger partial charge in [0.25, 0.3) is 0 Å². The smallest absolute Gasteiger partial charge is 0.246 e. The van der Waals surface area contributed by atoms with Crippen LogP contribution in [0.5, 0.6) is 0 Å². The Morgan fingerprint density at radius 2 is 1.87 bits per heavy atom. The molecule has 0 unspecified atom stereocenters. The topological polar surface area (TPSA) is 97.0 Å². The zero-order chi connectivity index (χ0) is 26.9. The van der Waals surface area contributed by atoms with Crippen molar-refractivity contribution < 1.29 is 23.9 Å². The highest BCUT2D eigenvalue weighted by Gasteiger charge is 2.72. The number of anilines is 1. The third-order valence-electron chi connectivity index (χ3n) is 8.61. The van der Waals surface area contributed by atoms with Crippen LogP contribution in [-0.2, 0) is 23.9 Å². The minimum atomic E-state index is -1.13. The molecule has 0 radical (unpaired) electrons. The van der Waals surface area contributed by atoms with Gasteiger partial charge < -0.3 is 25.0 Å². The average Bonchev–Trinajstić information content (AvgIpc) is 3.55. The second-order valence-electron chi connectivity index (χ2n) is 11.4. The maximum Gasteiger partial charge on any atom is 0.246 e. The molecule has 2 saturated heterocycles. The second kappa shape index (κ2) is 11.2. The van der Waals surface area contributed by atoms with Gasteiger partial charge in [-0.15, -0.1) is 0 Å². The first-order chi connectivity index (χ1) is 18.4. The molecule has 8 nitrogen and oxygen atoms in total. The van der Waals surface area contributed by atoms with Crippen molar-refractivity contribution in [3.8, 4) is 0 Å². The van der Waals surface area contributed by atoms with E-state index in [1.807, 2.05) is 43.3 Å². The fraction of sp³-hybridized carbons (Fsp3) is 0.633. The van der Waals surface area contributed by atoms with Gasteiger partial charge in [0.15, 0.2) is 0 Å². The molecule has 38 heavy (non-hydrogen) atoms. The summed E-state index contributed by atoms with van der Waals surface area (Å²) in [5, 5.41) is 6.23. The number of hydrogen-bond acceptors (Lipinski definition) is 5. The Kier molecular flexibility index (Phi) is 7.91. The summed E-state index contributed by atoms with van der Waals surface area (Å²) in [6.07, 6.45) is 9.10. The van der Waals surface area contributed by atoms with Crippen molar-refractivity contribution in [1.29, 1.82) is 0 Å². The van der Waals surface area contributed by atoms with Gasteiger partial charge in [-0.2, -0.15) is 0 Å². The summed E-state index contributed by atoms with van der Waals surface area (Å²) in [5.74, 6) is -1.65. The van der Waals surface area contributed by atoms with E-state index in [1.165, 1.54) is 12.0 Å². The maximum atomic E-state index is 13.9. The van der Waals surface area contributed by atoms with Gasteiger partial charge in [-0.05, 0) is 49.8 Å². The number of amides is 3. The van der Waals surface area contributed by atoms with Crippen LogP contribution in [0.1, 0.15) is 70.8 Å². The number of carbonyl (C=O) groups excluding carboxylic acids is 3. The Morgan fingerprint density at radius 1 is 1.13 bits per heavy atom. The molecular formula is C30H41N3O5. The average molecular weight is 524 g/mol. The van der Waals surface area contributed by atoms with E-state index in [1.54, 1.807) is 4.90 Å². The number of rotatable bonds is 10. The number of benzene rings is 1. The maximum absolute atomic E-state index is 13.9. The van der Waals surface area contributed by atoms with Gasteiger partial charge in [0.05, 0.1) is 17.9 Å². The third kappa shape index (κ3) is 4.89. The molecule has 2 N–H and O–H groups in total. The predicted octanol–water partition coefficient (Wildman–Crippen LogP) is 3.77. The predicted molar refractivity (Wildman–Crippen MR) is 145 cm³/mol. The quantitative estimate of drug-likeness (QED) is 0.359. The lowest BCUT2D eigenvalue weighted by Crippen LogP contribution is -2.56. The monoisotopic (exact) mass is 523 g/mol. The van der Waals surface area contributed by atoms with Gasteiger partial charge in [0, 0.05) is 31.5 Å². The third-order valence-corrected chi connectivity index (χ3v) is 8.61. The van der Waals surface area contributed by atoms with Gasteiger partial charge in [-0.1, -0.05) is 57.4 Å². The van der Waals surface area contributed by atoms with Gasteiger partial charge >= 0.3 is 0 Å². The molecule has 1 spiro atoms. The van der Waals surface area contributed by atoms with Crippen LogP contribution < -0.4 is 10.6 Å². The van der Waals surface area contributed by atoms with Gasteiger partial charge in [0.2, 0.25) is 17.7 Å². The normalized spacial score (nSPS) is 30.2. The SMILES string of the molecule is CCOCCCN1C(=O)[C@@H]2[C@@H](C(=O)Nc3ccc(C(C)C)cc3)[C@@H]3C=C[C@@]2(O3)[C@@H]1C(=O)NC1CCCCC1. The number of fused-ring (bicyclic) bond motifs is 1. The molecule has 3 fully saturated rings. The molecule has 2 bridgehead atoms. The zero-order valence-electron chi connectivity index (χ0n) is 22.8. The molecule has 5 atom stereocenters. The molecule has 3 heterocycles. The number of likely N-dealkylation sites (tertiary alicyclic amines) is 1. The van der Waals surface area contributed by atoms with Crippen LogP contribution in [0.2, 0.25) is 0 Å². The van der Waals surface area contributed by atoms with Crippen molar-refractivity contribution in [3.05, 3.63) is 42.0 Å². The summed E-state index contributed by atoms with van der Waals surface area (Å²) < 4.78 is 11.9. The number of nitrogens with zero attached hydrogens (tertiary/aromatic N) is 1. The molecule has 206 valence electrons. The Bertz CT molecular complexity index is 1060. The molecule has 3 amide bonds. The minimum absolute atomic E-state index is 0.113. The van der Waals surface area contributed by atoms with E-state index in [0.717, 1.165) is 25.7 Å². The first kappa shape index (κ1) is 26.9. The first-order valence-corrected chi connectivity index (χ1v) is 14.3. The van der Waals surface area contributed by atoms with Crippen LogP contribution in [0.4, 0.5) is 5.69 Å². The van der Waals surface area contributed by atoms with E-state index >= 15 is 0 Å². The highest BCUT2D eigenvalue weighted by molar-refractivity contribution is 6.02. The largest absolute Gasteiger partial charge is 0.382 e. The van der Waals surface area contributed by atoms with E-state index in [0.29, 0.717) is 37.8 Å². The molecule has 8 heteroatoms. The van der Waals surface area contributed by atoms with Crippen molar-refractivity contribution in [2.75, 3.05) is 25.1 Å². The highest BCUT2D eigenvalue weighted by atomic mass is 16.5. The molecule has 4 aliphatic rings. The standard InChI is InChI=1S/C30H41N3O5/c1-4-37-18-8-17-33-26(28(35)32-21-9-6-5-7-10-21)30-16-15-23(38-30)24(25(30)29(33)36)27(34)31-22-13-11-20(12-14-22)19(2)3/h11-16,19,21,23-26H,4-10,17-18H2,1-3H3,(H,31,34)(H,32,35)/t23-,24-,25-,26-,30-/m0/s1. The summed E-state index contributed by atoms with van der Waals surface area (Å²) in [4.78, 5) is 43.0. The summed E-state index contributed by atoms with van der Waals surface area (Å²) in [6.45, 7) is 7.66. The number of carbonyl (C=O) groups is 3.